The van der Waals surface area contributed by atoms with Crippen molar-refractivity contribution in [1.82, 2.24) is 0 Å². The minimum absolute atomic E-state index is 0.241. The molecule has 1 aliphatic rings. The summed E-state index contributed by atoms with van der Waals surface area (Å²) in [7, 11) is 0. The molecule has 1 rings (SSSR count). The molecule has 3 heteroatoms. The summed E-state index contributed by atoms with van der Waals surface area (Å²) in [6, 6.07) is 2.10. The van der Waals surface area contributed by atoms with Crippen molar-refractivity contribution in [2.24, 2.45) is 17.8 Å². The Labute approximate surface area is 72.0 Å². The number of carboxylic acids is 1. The number of carboxylic acid groups (broad SMARTS) is 1. The van der Waals surface area contributed by atoms with Crippen LogP contribution in [0.5, 0.6) is 0 Å². The molecule has 1 saturated carbocycles. The largest absolute Gasteiger partial charge is 0.481 e. The smallest absolute Gasteiger partial charge is 0.307 e. The summed E-state index contributed by atoms with van der Waals surface area (Å²) in [4.78, 5) is 10.7. The van der Waals surface area contributed by atoms with Gasteiger partial charge >= 0.3 is 5.97 Å². The van der Waals surface area contributed by atoms with E-state index in [0.29, 0.717) is 6.42 Å². The fourth-order valence-electron chi connectivity index (χ4n) is 1.91. The number of hydrogen-bond donors (Lipinski definition) is 1. The second-order valence-electron chi connectivity index (χ2n) is 3.51. The van der Waals surface area contributed by atoms with Gasteiger partial charge in [0.25, 0.3) is 0 Å². The van der Waals surface area contributed by atoms with E-state index in [-0.39, 0.29) is 11.8 Å². The molecule has 0 aromatic heterocycles. The van der Waals surface area contributed by atoms with Gasteiger partial charge in [-0.25, -0.2) is 0 Å². The molecular formula is C9H13NO2. The summed E-state index contributed by atoms with van der Waals surface area (Å²) in [6.07, 6.45) is 2.59. The van der Waals surface area contributed by atoms with Gasteiger partial charge in [-0.3, -0.25) is 4.79 Å². The third kappa shape index (κ3) is 1.58. The van der Waals surface area contributed by atoms with Gasteiger partial charge in [-0.1, -0.05) is 13.3 Å². The average molecular weight is 167 g/mol. The van der Waals surface area contributed by atoms with Crippen LogP contribution in [0.25, 0.3) is 0 Å². The molecule has 1 fully saturated rings. The predicted molar refractivity (Wildman–Crippen MR) is 43.2 cm³/mol. The first kappa shape index (κ1) is 9.05. The Balaban J connectivity index is 2.72. The van der Waals surface area contributed by atoms with Gasteiger partial charge in [0.05, 0.1) is 17.9 Å². The maximum Gasteiger partial charge on any atom is 0.307 e. The molecule has 12 heavy (non-hydrogen) atoms. The zero-order chi connectivity index (χ0) is 9.14. The van der Waals surface area contributed by atoms with E-state index >= 15 is 0 Å². The van der Waals surface area contributed by atoms with Crippen LogP contribution in [-0.4, -0.2) is 11.1 Å². The maximum atomic E-state index is 10.7. The highest BCUT2D eigenvalue weighted by Gasteiger charge is 2.35. The van der Waals surface area contributed by atoms with E-state index in [1.54, 1.807) is 0 Å². The van der Waals surface area contributed by atoms with Crippen LogP contribution in [0.4, 0.5) is 0 Å². The van der Waals surface area contributed by atoms with Gasteiger partial charge in [0, 0.05) is 0 Å². The van der Waals surface area contributed by atoms with E-state index in [1.165, 1.54) is 0 Å². The average Bonchev–Trinajstić information content (AvgIpc) is 2.03. The first-order valence-electron chi connectivity index (χ1n) is 4.29. The van der Waals surface area contributed by atoms with Gasteiger partial charge in [0.15, 0.2) is 0 Å². The second kappa shape index (κ2) is 3.57. The van der Waals surface area contributed by atoms with Gasteiger partial charge in [0.2, 0.25) is 0 Å². The summed E-state index contributed by atoms with van der Waals surface area (Å²) >= 11 is 0. The molecule has 0 saturated heterocycles. The molecule has 3 atom stereocenters. The molecule has 3 unspecified atom stereocenters. The summed E-state index contributed by atoms with van der Waals surface area (Å²) in [5.41, 5.74) is 0. The summed E-state index contributed by atoms with van der Waals surface area (Å²) < 4.78 is 0. The van der Waals surface area contributed by atoms with Crippen LogP contribution >= 0.6 is 0 Å². The van der Waals surface area contributed by atoms with Crippen molar-refractivity contribution in [3.8, 4) is 6.07 Å². The van der Waals surface area contributed by atoms with Crippen LogP contribution in [0.1, 0.15) is 26.2 Å². The van der Waals surface area contributed by atoms with Crippen molar-refractivity contribution < 1.29 is 9.90 Å². The van der Waals surface area contributed by atoms with Gasteiger partial charge in [-0.2, -0.15) is 5.26 Å². The van der Waals surface area contributed by atoms with Gasteiger partial charge in [-0.05, 0) is 18.8 Å². The summed E-state index contributed by atoms with van der Waals surface area (Å²) in [5, 5.41) is 17.6. The SMILES string of the molecule is CC1CCCC(C(=O)O)C1C#N. The van der Waals surface area contributed by atoms with Crippen LogP contribution in [0.15, 0.2) is 0 Å². The van der Waals surface area contributed by atoms with Crippen LogP contribution in [0, 0.1) is 29.1 Å². The molecule has 66 valence electrons. The standard InChI is InChI=1S/C9H13NO2/c1-6-3-2-4-7(9(11)12)8(6)5-10/h6-8H,2-4H2,1H3,(H,11,12). The molecule has 0 bridgehead atoms. The van der Waals surface area contributed by atoms with Crippen molar-refractivity contribution in [3.05, 3.63) is 0 Å². The van der Waals surface area contributed by atoms with E-state index in [1.807, 2.05) is 6.92 Å². The minimum Gasteiger partial charge on any atom is -0.481 e. The van der Waals surface area contributed by atoms with E-state index in [0.717, 1.165) is 12.8 Å². The molecule has 0 aliphatic heterocycles. The highest BCUT2D eigenvalue weighted by Crippen LogP contribution is 2.34. The second-order valence-corrected chi connectivity index (χ2v) is 3.51. The van der Waals surface area contributed by atoms with E-state index < -0.39 is 11.9 Å². The van der Waals surface area contributed by atoms with Crippen molar-refractivity contribution in [2.45, 2.75) is 26.2 Å². The zero-order valence-electron chi connectivity index (χ0n) is 7.16. The third-order valence-corrected chi connectivity index (χ3v) is 2.69. The highest BCUT2D eigenvalue weighted by molar-refractivity contribution is 5.71. The number of nitriles is 1. The molecule has 0 amide bonds. The lowest BCUT2D eigenvalue weighted by Crippen LogP contribution is -2.31. The molecule has 3 nitrogen and oxygen atoms in total. The van der Waals surface area contributed by atoms with Crippen molar-refractivity contribution in [2.75, 3.05) is 0 Å². The van der Waals surface area contributed by atoms with Gasteiger partial charge in [0.1, 0.15) is 0 Å². The monoisotopic (exact) mass is 167 g/mol. The van der Waals surface area contributed by atoms with Crippen molar-refractivity contribution >= 4 is 5.97 Å². The third-order valence-electron chi connectivity index (χ3n) is 2.69. The Morgan fingerprint density at radius 2 is 2.25 bits per heavy atom. The summed E-state index contributed by atoms with van der Waals surface area (Å²) in [6.45, 7) is 1.96. The normalized spacial score (nSPS) is 35.5. The van der Waals surface area contributed by atoms with Crippen molar-refractivity contribution in [1.29, 1.82) is 5.26 Å². The molecular weight excluding hydrogens is 154 g/mol. The molecule has 0 aromatic carbocycles. The molecule has 0 heterocycles. The number of carbonyl (C=O) groups is 1. The van der Waals surface area contributed by atoms with Gasteiger partial charge in [-0.15, -0.1) is 0 Å². The molecule has 0 aromatic rings. The highest BCUT2D eigenvalue weighted by atomic mass is 16.4. The van der Waals surface area contributed by atoms with Crippen molar-refractivity contribution in [3.63, 3.8) is 0 Å². The predicted octanol–water partition coefficient (Wildman–Crippen LogP) is 1.65. The fraction of sp³-hybridized carbons (Fsp3) is 0.778. The molecule has 0 radical (unpaired) electrons. The fourth-order valence-corrected chi connectivity index (χ4v) is 1.91. The lowest BCUT2D eigenvalue weighted by atomic mass is 9.73. The molecule has 1 aliphatic carbocycles. The Hall–Kier alpha value is -1.04. The topological polar surface area (TPSA) is 61.1 Å². The molecule has 0 spiro atoms. The lowest BCUT2D eigenvalue weighted by molar-refractivity contribution is -0.144. The zero-order valence-corrected chi connectivity index (χ0v) is 7.16. The van der Waals surface area contributed by atoms with Crippen LogP contribution in [-0.2, 0) is 4.79 Å². The quantitative estimate of drug-likeness (QED) is 0.645. The Bertz CT molecular complexity index is 219. The van der Waals surface area contributed by atoms with Crippen LogP contribution in [0.2, 0.25) is 0 Å². The number of aliphatic carboxylic acids is 1. The van der Waals surface area contributed by atoms with E-state index in [4.69, 9.17) is 10.4 Å². The van der Waals surface area contributed by atoms with Gasteiger partial charge < -0.3 is 5.11 Å². The Morgan fingerprint density at radius 3 is 2.67 bits per heavy atom. The number of rotatable bonds is 1. The Morgan fingerprint density at radius 1 is 1.58 bits per heavy atom. The number of nitrogens with zero attached hydrogens (tertiary/aromatic N) is 1. The van der Waals surface area contributed by atoms with E-state index in [9.17, 15) is 4.79 Å². The summed E-state index contributed by atoms with van der Waals surface area (Å²) in [5.74, 6) is -1.28. The first-order valence-corrected chi connectivity index (χ1v) is 4.29. The lowest BCUT2D eigenvalue weighted by Gasteiger charge is -2.28. The first-order chi connectivity index (χ1) is 5.66. The van der Waals surface area contributed by atoms with Crippen LogP contribution < -0.4 is 0 Å². The van der Waals surface area contributed by atoms with Crippen LogP contribution in [0.3, 0.4) is 0 Å². The molecule has 1 N–H and O–H groups in total. The minimum atomic E-state index is -0.812. The number of hydrogen-bond acceptors (Lipinski definition) is 2. The Kier molecular flexibility index (Phi) is 2.69. The van der Waals surface area contributed by atoms with E-state index in [2.05, 4.69) is 6.07 Å². The maximum absolute atomic E-state index is 10.7.